The lowest BCUT2D eigenvalue weighted by Gasteiger charge is -2.23. The second-order valence-corrected chi connectivity index (χ2v) is 6.39. The van der Waals surface area contributed by atoms with E-state index < -0.39 is 0 Å². The highest BCUT2D eigenvalue weighted by Crippen LogP contribution is 2.26. The Hall–Kier alpha value is -1.36. The van der Waals surface area contributed by atoms with Crippen LogP contribution in [0.1, 0.15) is 34.6 Å². The summed E-state index contributed by atoms with van der Waals surface area (Å²) in [6.07, 6.45) is 0. The smallest absolute Gasteiger partial charge is 0.251 e. The number of rotatable bonds is 5. The van der Waals surface area contributed by atoms with Crippen molar-refractivity contribution in [1.29, 1.82) is 0 Å². The van der Waals surface area contributed by atoms with Crippen LogP contribution in [0.5, 0.6) is 0 Å². The maximum absolute atomic E-state index is 12.1. The van der Waals surface area contributed by atoms with Crippen molar-refractivity contribution in [3.05, 3.63) is 57.8 Å². The zero-order valence-electron chi connectivity index (χ0n) is 12.3. The summed E-state index contributed by atoms with van der Waals surface area (Å²) >= 11 is 1.72. The number of thiophene rings is 1. The molecule has 0 saturated heterocycles. The molecule has 0 aliphatic carbocycles. The number of hydrogen-bond acceptors (Lipinski definition) is 3. The van der Waals surface area contributed by atoms with E-state index in [4.69, 9.17) is 5.73 Å². The zero-order chi connectivity index (χ0) is 14.6. The van der Waals surface area contributed by atoms with Gasteiger partial charge in [-0.25, -0.2) is 0 Å². The number of amides is 1. The molecule has 2 aromatic rings. The highest BCUT2D eigenvalue weighted by molar-refractivity contribution is 7.10. The third-order valence-corrected chi connectivity index (χ3v) is 4.57. The van der Waals surface area contributed by atoms with E-state index in [-0.39, 0.29) is 23.7 Å². The zero-order valence-corrected chi connectivity index (χ0v) is 13.9. The van der Waals surface area contributed by atoms with E-state index in [2.05, 4.69) is 30.6 Å². The van der Waals surface area contributed by atoms with Gasteiger partial charge in [-0.2, -0.15) is 0 Å². The Morgan fingerprint density at radius 3 is 2.43 bits per heavy atom. The van der Waals surface area contributed by atoms with Crippen LogP contribution in [0.2, 0.25) is 0 Å². The Labute approximate surface area is 136 Å². The molecule has 0 spiro atoms. The minimum atomic E-state index is -0.0545. The van der Waals surface area contributed by atoms with E-state index in [1.165, 1.54) is 4.88 Å². The molecule has 1 aromatic carbocycles. The van der Waals surface area contributed by atoms with Crippen molar-refractivity contribution in [2.75, 3.05) is 6.54 Å². The molecule has 1 amide bonds. The fourth-order valence-corrected chi connectivity index (χ4v) is 2.80. The lowest BCUT2D eigenvalue weighted by Crippen LogP contribution is -2.36. The van der Waals surface area contributed by atoms with Crippen LogP contribution in [0.15, 0.2) is 41.8 Å². The van der Waals surface area contributed by atoms with Crippen LogP contribution in [0, 0.1) is 0 Å². The number of halogens is 1. The Kier molecular flexibility index (Phi) is 6.40. The Morgan fingerprint density at radius 1 is 1.24 bits per heavy atom. The van der Waals surface area contributed by atoms with E-state index in [0.717, 1.165) is 5.56 Å². The minimum absolute atomic E-state index is 0. The predicted molar refractivity (Wildman–Crippen MR) is 91.3 cm³/mol. The van der Waals surface area contributed by atoms with Crippen LogP contribution >= 0.6 is 23.7 Å². The molecule has 3 nitrogen and oxygen atoms in total. The quantitative estimate of drug-likeness (QED) is 0.886. The summed E-state index contributed by atoms with van der Waals surface area (Å²) in [4.78, 5) is 13.4. The SMILES string of the molecule is CC(C)(CNC(=O)c1ccc(CN)cc1)c1cccs1.Cl. The Bertz CT molecular complexity index is 564. The molecule has 0 bridgehead atoms. The monoisotopic (exact) mass is 324 g/mol. The van der Waals surface area contributed by atoms with E-state index in [0.29, 0.717) is 18.7 Å². The lowest BCUT2D eigenvalue weighted by atomic mass is 9.91. The van der Waals surface area contributed by atoms with Gasteiger partial charge in [0, 0.05) is 28.9 Å². The van der Waals surface area contributed by atoms with Crippen LogP contribution in [0.3, 0.4) is 0 Å². The van der Waals surface area contributed by atoms with Crippen LogP contribution in [0.4, 0.5) is 0 Å². The van der Waals surface area contributed by atoms with Gasteiger partial charge in [-0.1, -0.05) is 32.0 Å². The van der Waals surface area contributed by atoms with Gasteiger partial charge >= 0.3 is 0 Å². The Balaban J connectivity index is 0.00000220. The third-order valence-electron chi connectivity index (χ3n) is 3.33. The second kappa shape index (κ2) is 7.59. The van der Waals surface area contributed by atoms with Gasteiger partial charge < -0.3 is 11.1 Å². The molecule has 114 valence electrons. The molecular formula is C16H21ClN2OS. The van der Waals surface area contributed by atoms with Crippen molar-refractivity contribution in [1.82, 2.24) is 5.32 Å². The lowest BCUT2D eigenvalue weighted by molar-refractivity contribution is 0.0946. The fourth-order valence-electron chi connectivity index (χ4n) is 1.95. The van der Waals surface area contributed by atoms with Crippen molar-refractivity contribution in [3.63, 3.8) is 0 Å². The maximum atomic E-state index is 12.1. The maximum Gasteiger partial charge on any atom is 0.251 e. The minimum Gasteiger partial charge on any atom is -0.351 e. The first-order chi connectivity index (χ1) is 9.53. The molecule has 2 rings (SSSR count). The van der Waals surface area contributed by atoms with Gasteiger partial charge in [0.15, 0.2) is 0 Å². The number of nitrogens with one attached hydrogen (secondary N) is 1. The van der Waals surface area contributed by atoms with Crippen molar-refractivity contribution >= 4 is 29.7 Å². The van der Waals surface area contributed by atoms with Crippen LogP contribution < -0.4 is 11.1 Å². The normalized spacial score (nSPS) is 10.8. The van der Waals surface area contributed by atoms with E-state index in [9.17, 15) is 4.79 Å². The molecule has 21 heavy (non-hydrogen) atoms. The van der Waals surface area contributed by atoms with Gasteiger partial charge in [0.1, 0.15) is 0 Å². The van der Waals surface area contributed by atoms with Crippen molar-refractivity contribution < 1.29 is 4.79 Å². The first-order valence-corrected chi connectivity index (χ1v) is 7.52. The highest BCUT2D eigenvalue weighted by Gasteiger charge is 2.22. The molecule has 0 saturated carbocycles. The number of hydrogen-bond donors (Lipinski definition) is 2. The number of benzene rings is 1. The summed E-state index contributed by atoms with van der Waals surface area (Å²) in [7, 11) is 0. The first-order valence-electron chi connectivity index (χ1n) is 6.64. The standard InChI is InChI=1S/C16H20N2OS.ClH/c1-16(2,14-4-3-9-20-14)11-18-15(19)13-7-5-12(10-17)6-8-13;/h3-9H,10-11,17H2,1-2H3,(H,18,19);1H. The average Bonchev–Trinajstić information content (AvgIpc) is 3.00. The Morgan fingerprint density at radius 2 is 1.90 bits per heavy atom. The van der Waals surface area contributed by atoms with Gasteiger partial charge in [-0.05, 0) is 29.1 Å². The number of carbonyl (C=O) groups is 1. The summed E-state index contributed by atoms with van der Waals surface area (Å²) in [5, 5.41) is 5.06. The van der Waals surface area contributed by atoms with E-state index >= 15 is 0 Å². The molecule has 0 aliphatic rings. The molecule has 0 atom stereocenters. The van der Waals surface area contributed by atoms with Crippen molar-refractivity contribution in [2.45, 2.75) is 25.8 Å². The van der Waals surface area contributed by atoms with Gasteiger partial charge in [0.25, 0.3) is 5.91 Å². The summed E-state index contributed by atoms with van der Waals surface area (Å²) < 4.78 is 0. The number of nitrogens with two attached hydrogens (primary N) is 1. The molecule has 5 heteroatoms. The summed E-state index contributed by atoms with van der Waals surface area (Å²) in [5.74, 6) is -0.0433. The molecular weight excluding hydrogens is 304 g/mol. The largest absolute Gasteiger partial charge is 0.351 e. The van der Waals surface area contributed by atoms with Crippen LogP contribution in [-0.2, 0) is 12.0 Å². The molecule has 0 fully saturated rings. The van der Waals surface area contributed by atoms with Gasteiger partial charge in [-0.3, -0.25) is 4.79 Å². The predicted octanol–water partition coefficient (Wildman–Crippen LogP) is 3.34. The molecule has 0 radical (unpaired) electrons. The molecule has 0 aliphatic heterocycles. The van der Waals surface area contributed by atoms with Crippen LogP contribution in [-0.4, -0.2) is 12.5 Å². The third kappa shape index (κ3) is 4.56. The van der Waals surface area contributed by atoms with Crippen molar-refractivity contribution in [3.8, 4) is 0 Å². The van der Waals surface area contributed by atoms with Gasteiger partial charge in [-0.15, -0.1) is 23.7 Å². The fraction of sp³-hybridized carbons (Fsp3) is 0.312. The molecule has 3 N–H and O–H groups in total. The summed E-state index contributed by atoms with van der Waals surface area (Å²) in [6, 6.07) is 11.5. The van der Waals surface area contributed by atoms with Gasteiger partial charge in [0.05, 0.1) is 0 Å². The first kappa shape index (κ1) is 17.7. The van der Waals surface area contributed by atoms with Crippen LogP contribution in [0.25, 0.3) is 0 Å². The van der Waals surface area contributed by atoms with Gasteiger partial charge in [0.2, 0.25) is 0 Å². The summed E-state index contributed by atoms with van der Waals surface area (Å²) in [5.41, 5.74) is 7.19. The van der Waals surface area contributed by atoms with Crippen molar-refractivity contribution in [2.24, 2.45) is 5.73 Å². The number of carbonyl (C=O) groups excluding carboxylic acids is 1. The summed E-state index contributed by atoms with van der Waals surface area (Å²) in [6.45, 7) is 5.38. The molecule has 0 unspecified atom stereocenters. The topological polar surface area (TPSA) is 55.1 Å². The van der Waals surface area contributed by atoms with E-state index in [1.54, 1.807) is 11.3 Å². The average molecular weight is 325 g/mol. The molecule has 1 heterocycles. The molecule has 1 aromatic heterocycles. The van der Waals surface area contributed by atoms with E-state index in [1.807, 2.05) is 30.3 Å². The second-order valence-electron chi connectivity index (χ2n) is 5.44. The highest BCUT2D eigenvalue weighted by atomic mass is 35.5.